The average molecular weight is 246 g/mol. The van der Waals surface area contributed by atoms with Gasteiger partial charge in [-0.15, -0.1) is 0 Å². The molecule has 0 saturated carbocycles. The van der Waals surface area contributed by atoms with Gasteiger partial charge in [-0.25, -0.2) is 0 Å². The van der Waals surface area contributed by atoms with E-state index in [-0.39, 0.29) is 12.5 Å². The Morgan fingerprint density at radius 2 is 2.22 bits per heavy atom. The lowest BCUT2D eigenvalue weighted by molar-refractivity contribution is 0.0827. The number of rotatable bonds is 3. The summed E-state index contributed by atoms with van der Waals surface area (Å²) in [6.45, 7) is 0.198. The van der Waals surface area contributed by atoms with Crippen molar-refractivity contribution in [3.8, 4) is 11.4 Å². The molecule has 1 amide bonds. The normalized spacial score (nSPS) is 10.4. The fourth-order valence-electron chi connectivity index (χ4n) is 1.50. The zero-order chi connectivity index (χ0) is 13.1. The van der Waals surface area contributed by atoms with E-state index in [9.17, 15) is 4.79 Å². The fraction of sp³-hybridized carbons (Fsp3) is 0.250. The van der Waals surface area contributed by atoms with Crippen molar-refractivity contribution in [1.29, 1.82) is 0 Å². The van der Waals surface area contributed by atoms with Crippen LogP contribution in [0.25, 0.3) is 11.4 Å². The summed E-state index contributed by atoms with van der Waals surface area (Å²) >= 11 is 0. The van der Waals surface area contributed by atoms with E-state index in [4.69, 9.17) is 10.3 Å². The minimum absolute atomic E-state index is 0.0700. The smallest absolute Gasteiger partial charge is 0.253 e. The van der Waals surface area contributed by atoms with Crippen LogP contribution in [-0.4, -0.2) is 35.0 Å². The lowest BCUT2D eigenvalue weighted by atomic mass is 10.1. The molecule has 1 aromatic carbocycles. The third-order valence-corrected chi connectivity index (χ3v) is 2.42. The second-order valence-electron chi connectivity index (χ2n) is 4.00. The molecule has 0 unspecified atom stereocenters. The largest absolute Gasteiger partial charge is 0.345 e. The number of nitrogens with zero attached hydrogens (tertiary/aromatic N) is 3. The van der Waals surface area contributed by atoms with Crippen molar-refractivity contribution >= 4 is 5.91 Å². The minimum Gasteiger partial charge on any atom is -0.345 e. The van der Waals surface area contributed by atoms with Crippen LogP contribution in [0.2, 0.25) is 0 Å². The predicted molar refractivity (Wildman–Crippen MR) is 65.6 cm³/mol. The maximum Gasteiger partial charge on any atom is 0.253 e. The molecule has 1 heterocycles. The van der Waals surface area contributed by atoms with Gasteiger partial charge in [0.25, 0.3) is 5.91 Å². The predicted octanol–water partition coefficient (Wildman–Crippen LogP) is 0.897. The molecule has 18 heavy (non-hydrogen) atoms. The van der Waals surface area contributed by atoms with Crippen LogP contribution in [0.15, 0.2) is 28.8 Å². The summed E-state index contributed by atoms with van der Waals surface area (Å²) in [5.74, 6) is 0.734. The Kier molecular flexibility index (Phi) is 3.38. The van der Waals surface area contributed by atoms with E-state index >= 15 is 0 Å². The third-order valence-electron chi connectivity index (χ3n) is 2.42. The first-order chi connectivity index (χ1) is 8.61. The van der Waals surface area contributed by atoms with Crippen LogP contribution in [0.4, 0.5) is 0 Å². The van der Waals surface area contributed by atoms with Crippen molar-refractivity contribution in [2.45, 2.75) is 6.54 Å². The summed E-state index contributed by atoms with van der Waals surface area (Å²) in [5, 5.41) is 3.81. The number of aromatic nitrogens is 2. The van der Waals surface area contributed by atoms with Crippen molar-refractivity contribution in [2.75, 3.05) is 14.1 Å². The van der Waals surface area contributed by atoms with Crippen LogP contribution in [0.5, 0.6) is 0 Å². The first-order valence-corrected chi connectivity index (χ1v) is 5.46. The van der Waals surface area contributed by atoms with Gasteiger partial charge in [-0.05, 0) is 12.1 Å². The van der Waals surface area contributed by atoms with Crippen molar-refractivity contribution in [2.24, 2.45) is 5.73 Å². The molecule has 2 N–H and O–H groups in total. The van der Waals surface area contributed by atoms with E-state index in [2.05, 4.69) is 10.1 Å². The number of nitrogens with two attached hydrogens (primary N) is 1. The molecule has 0 fully saturated rings. The molecule has 0 atom stereocenters. The van der Waals surface area contributed by atoms with Crippen molar-refractivity contribution in [3.05, 3.63) is 35.7 Å². The maximum atomic E-state index is 11.8. The summed E-state index contributed by atoms with van der Waals surface area (Å²) in [7, 11) is 3.41. The SMILES string of the molecule is CN(C)C(=O)c1cccc(-c2noc(CN)n2)c1. The van der Waals surface area contributed by atoms with Gasteiger partial charge in [-0.2, -0.15) is 4.98 Å². The van der Waals surface area contributed by atoms with E-state index in [1.165, 1.54) is 4.90 Å². The molecule has 0 aliphatic carbocycles. The fourth-order valence-corrected chi connectivity index (χ4v) is 1.50. The summed E-state index contributed by atoms with van der Waals surface area (Å²) in [4.78, 5) is 17.5. The molecule has 0 aliphatic rings. The Hall–Kier alpha value is -2.21. The standard InChI is InChI=1S/C12H14N4O2/c1-16(2)12(17)9-5-3-4-8(6-9)11-14-10(7-13)18-15-11/h3-6H,7,13H2,1-2H3. The number of carbonyl (C=O) groups excluding carboxylic acids is 1. The van der Waals surface area contributed by atoms with Crippen molar-refractivity contribution in [3.63, 3.8) is 0 Å². The molecule has 2 aromatic rings. The van der Waals surface area contributed by atoms with Crippen LogP contribution in [-0.2, 0) is 6.54 Å². The van der Waals surface area contributed by atoms with Gasteiger partial charge >= 0.3 is 0 Å². The van der Waals surface area contributed by atoms with Gasteiger partial charge < -0.3 is 15.2 Å². The molecule has 94 valence electrons. The maximum absolute atomic E-state index is 11.8. The lowest BCUT2D eigenvalue weighted by Gasteiger charge is -2.10. The molecule has 0 aliphatic heterocycles. The lowest BCUT2D eigenvalue weighted by Crippen LogP contribution is -2.21. The van der Waals surface area contributed by atoms with E-state index < -0.39 is 0 Å². The molecule has 6 heteroatoms. The topological polar surface area (TPSA) is 85.2 Å². The van der Waals surface area contributed by atoms with Gasteiger partial charge in [0.1, 0.15) is 0 Å². The van der Waals surface area contributed by atoms with E-state index in [0.717, 1.165) is 5.56 Å². The molecular weight excluding hydrogens is 232 g/mol. The van der Waals surface area contributed by atoms with Crippen LogP contribution in [0.3, 0.4) is 0 Å². The quantitative estimate of drug-likeness (QED) is 0.869. The van der Waals surface area contributed by atoms with E-state index in [1.807, 2.05) is 6.07 Å². The highest BCUT2D eigenvalue weighted by Crippen LogP contribution is 2.17. The van der Waals surface area contributed by atoms with Crippen LogP contribution < -0.4 is 5.73 Å². The highest BCUT2D eigenvalue weighted by molar-refractivity contribution is 5.94. The Labute approximate surface area is 104 Å². The molecular formula is C12H14N4O2. The van der Waals surface area contributed by atoms with E-state index in [1.54, 1.807) is 32.3 Å². The number of benzene rings is 1. The minimum atomic E-state index is -0.0700. The second kappa shape index (κ2) is 4.97. The number of carbonyl (C=O) groups is 1. The second-order valence-corrected chi connectivity index (χ2v) is 4.00. The Bertz CT molecular complexity index is 563. The van der Waals surface area contributed by atoms with Gasteiger partial charge in [0.2, 0.25) is 11.7 Å². The van der Waals surface area contributed by atoms with Gasteiger partial charge in [-0.3, -0.25) is 4.79 Å². The van der Waals surface area contributed by atoms with Gasteiger partial charge in [-0.1, -0.05) is 17.3 Å². The van der Waals surface area contributed by atoms with Gasteiger partial charge in [0.15, 0.2) is 0 Å². The monoisotopic (exact) mass is 246 g/mol. The molecule has 1 aromatic heterocycles. The van der Waals surface area contributed by atoms with Crippen molar-refractivity contribution in [1.82, 2.24) is 15.0 Å². The molecule has 0 spiro atoms. The summed E-state index contributed by atoms with van der Waals surface area (Å²) in [6.07, 6.45) is 0. The Morgan fingerprint density at radius 1 is 1.44 bits per heavy atom. The molecule has 2 rings (SSSR count). The number of amides is 1. The zero-order valence-electron chi connectivity index (χ0n) is 10.3. The van der Waals surface area contributed by atoms with Gasteiger partial charge in [0, 0.05) is 25.2 Å². The van der Waals surface area contributed by atoms with Gasteiger partial charge in [0.05, 0.1) is 6.54 Å². The molecule has 0 radical (unpaired) electrons. The van der Waals surface area contributed by atoms with Crippen LogP contribution in [0.1, 0.15) is 16.2 Å². The van der Waals surface area contributed by atoms with Crippen molar-refractivity contribution < 1.29 is 9.32 Å². The first kappa shape index (κ1) is 12.3. The zero-order valence-corrected chi connectivity index (χ0v) is 10.3. The molecule has 6 nitrogen and oxygen atoms in total. The van der Waals surface area contributed by atoms with E-state index in [0.29, 0.717) is 17.3 Å². The summed E-state index contributed by atoms with van der Waals surface area (Å²) in [5.41, 5.74) is 6.71. The molecule has 0 saturated heterocycles. The Balaban J connectivity index is 2.35. The van der Waals surface area contributed by atoms with Crippen LogP contribution >= 0.6 is 0 Å². The third kappa shape index (κ3) is 2.38. The molecule has 0 bridgehead atoms. The summed E-state index contributed by atoms with van der Waals surface area (Å²) < 4.78 is 4.93. The summed E-state index contributed by atoms with van der Waals surface area (Å²) in [6, 6.07) is 7.07. The highest BCUT2D eigenvalue weighted by Gasteiger charge is 2.12. The number of hydrogen-bond acceptors (Lipinski definition) is 5. The first-order valence-electron chi connectivity index (χ1n) is 5.46. The Morgan fingerprint density at radius 3 is 2.83 bits per heavy atom. The highest BCUT2D eigenvalue weighted by atomic mass is 16.5. The number of hydrogen-bond donors (Lipinski definition) is 1. The van der Waals surface area contributed by atoms with Crippen LogP contribution in [0, 0.1) is 0 Å². The average Bonchev–Trinajstić information content (AvgIpc) is 2.86.